The lowest BCUT2D eigenvalue weighted by atomic mass is 9.79. The molecule has 2 N–H and O–H groups in total. The Hall–Kier alpha value is -5.35. The standard InChI is InChI=1S/C23H15BrClFN2O3.C15H9BrClIN2O.C8H8BFO4/c1-12-4-3-5-17(25)20(12)22(29)28-19-11-14(24)7-9-16(19)21(27-28)15-8-6-13(10-18(15)26)23(30)31-2;1-8-3-2-4-11(17)13(8)15(21)20-12-7-9(16)5-6-10(12)14(18)19-20;1-14-8(11)5-2-3-6(9(12)13)7(10)4-5/h3-11H,1-2H3;2-7H,1H3;2-4,12-13H,1H3. The third-order valence-corrected chi connectivity index (χ3v) is 12.3. The number of hydrogen-bond donors (Lipinski definition) is 2. The van der Waals surface area contributed by atoms with E-state index in [1.54, 1.807) is 49.4 Å². The van der Waals surface area contributed by atoms with Crippen molar-refractivity contribution in [2.45, 2.75) is 13.8 Å². The molecule has 6 aromatic carbocycles. The normalized spacial score (nSPS) is 10.7. The number of fused-ring (bicyclic) bond motifs is 2. The van der Waals surface area contributed by atoms with Gasteiger partial charge >= 0.3 is 19.1 Å². The minimum atomic E-state index is -1.89. The number of aromatic nitrogens is 4. The van der Waals surface area contributed by atoms with Crippen LogP contribution in [-0.2, 0) is 9.47 Å². The second-order valence-electron chi connectivity index (χ2n) is 14.0. The molecule has 66 heavy (non-hydrogen) atoms. The van der Waals surface area contributed by atoms with Crippen LogP contribution in [0, 0.1) is 29.2 Å². The molecule has 0 radical (unpaired) electrons. The van der Waals surface area contributed by atoms with Crippen LogP contribution in [0.1, 0.15) is 52.6 Å². The number of ether oxygens (including phenoxy) is 2. The first-order valence-electron chi connectivity index (χ1n) is 19.1. The van der Waals surface area contributed by atoms with Crippen molar-refractivity contribution in [3.8, 4) is 11.3 Å². The Kier molecular flexibility index (Phi) is 16.3. The van der Waals surface area contributed by atoms with Crippen LogP contribution in [0.2, 0.25) is 10.0 Å². The zero-order chi connectivity index (χ0) is 48.1. The summed E-state index contributed by atoms with van der Waals surface area (Å²) in [6.45, 7) is 3.65. The third-order valence-electron chi connectivity index (χ3n) is 9.84. The van der Waals surface area contributed by atoms with Gasteiger partial charge in [-0.3, -0.25) is 9.59 Å². The highest BCUT2D eigenvalue weighted by Gasteiger charge is 2.25. The summed E-state index contributed by atoms with van der Waals surface area (Å²) in [6.07, 6.45) is 0. The van der Waals surface area contributed by atoms with Gasteiger partial charge in [0.1, 0.15) is 21.0 Å². The molecule has 0 amide bonds. The second kappa shape index (κ2) is 21.5. The lowest BCUT2D eigenvalue weighted by Gasteiger charge is -2.08. The fourth-order valence-corrected chi connectivity index (χ4v) is 8.57. The molecular formula is C46H32BBr2Cl2F2IN4O8. The van der Waals surface area contributed by atoms with E-state index in [2.05, 4.69) is 74.1 Å². The topological polar surface area (TPSA) is 163 Å². The van der Waals surface area contributed by atoms with Crippen molar-refractivity contribution in [1.82, 2.24) is 19.6 Å². The van der Waals surface area contributed by atoms with E-state index in [9.17, 15) is 28.0 Å². The van der Waals surface area contributed by atoms with Crippen LogP contribution in [-0.4, -0.2) is 74.7 Å². The summed E-state index contributed by atoms with van der Waals surface area (Å²) in [4.78, 5) is 48.8. The van der Waals surface area contributed by atoms with Crippen LogP contribution in [0.15, 0.2) is 118 Å². The summed E-state index contributed by atoms with van der Waals surface area (Å²) in [6, 6.07) is 28.9. The first-order chi connectivity index (χ1) is 31.4. The van der Waals surface area contributed by atoms with Crippen LogP contribution in [0.25, 0.3) is 33.1 Å². The molecule has 2 aromatic heterocycles. The molecule has 0 aliphatic rings. The van der Waals surface area contributed by atoms with Crippen LogP contribution >= 0.6 is 77.7 Å². The number of aryl methyl sites for hydroxylation is 2. The first kappa shape index (κ1) is 50.1. The SMILES string of the molecule is COC(=O)c1ccc(-c2nn(C(=O)c3c(C)cccc3Cl)c3cc(Br)ccc23)c(F)c1.COC(=O)c1ccc(B(O)O)c(F)c1.Cc1cccc(Cl)c1C(=O)n1nc(I)c2ccc(Br)cc21. The molecule has 2 heterocycles. The molecule has 20 heteroatoms. The van der Waals surface area contributed by atoms with Crippen molar-refractivity contribution in [2.24, 2.45) is 0 Å². The van der Waals surface area contributed by atoms with Crippen LogP contribution in [0.4, 0.5) is 8.78 Å². The number of methoxy groups -OCH3 is 2. The molecule has 8 rings (SSSR count). The number of carbonyl (C=O) groups excluding carboxylic acids is 4. The van der Waals surface area contributed by atoms with Gasteiger partial charge in [-0.2, -0.15) is 19.6 Å². The smallest absolute Gasteiger partial charge is 0.465 e. The summed E-state index contributed by atoms with van der Waals surface area (Å²) in [5.74, 6) is -3.48. The number of halogens is 7. The predicted molar refractivity (Wildman–Crippen MR) is 264 cm³/mol. The van der Waals surface area contributed by atoms with Crippen molar-refractivity contribution >= 4 is 136 Å². The van der Waals surface area contributed by atoms with Gasteiger partial charge in [-0.15, -0.1) is 0 Å². The number of nitrogens with zero attached hydrogens (tertiary/aromatic N) is 4. The van der Waals surface area contributed by atoms with Crippen LogP contribution in [0.3, 0.4) is 0 Å². The lowest BCUT2D eigenvalue weighted by Crippen LogP contribution is -2.32. The van der Waals surface area contributed by atoms with Gasteiger partial charge in [0.05, 0.1) is 57.6 Å². The Labute approximate surface area is 416 Å². The van der Waals surface area contributed by atoms with E-state index in [0.29, 0.717) is 37.6 Å². The van der Waals surface area contributed by atoms with Crippen molar-refractivity contribution < 1.29 is 47.5 Å². The van der Waals surface area contributed by atoms with E-state index in [0.717, 1.165) is 47.3 Å². The highest BCUT2D eigenvalue weighted by molar-refractivity contribution is 14.1. The van der Waals surface area contributed by atoms with E-state index < -0.39 is 36.6 Å². The van der Waals surface area contributed by atoms with E-state index in [4.69, 9.17) is 33.2 Å². The summed E-state index contributed by atoms with van der Waals surface area (Å²) in [5.41, 5.74) is 3.85. The minimum Gasteiger partial charge on any atom is -0.465 e. The average molecular weight is 1180 g/mol. The molecule has 8 aromatic rings. The van der Waals surface area contributed by atoms with Gasteiger partial charge in [-0.25, -0.2) is 18.4 Å². The summed E-state index contributed by atoms with van der Waals surface area (Å²) in [7, 11) is 0.514. The van der Waals surface area contributed by atoms with Crippen LogP contribution in [0.5, 0.6) is 0 Å². The number of rotatable bonds is 6. The number of benzene rings is 6. The highest BCUT2D eigenvalue weighted by Crippen LogP contribution is 2.34. The monoisotopic (exact) mass is 1170 g/mol. The Balaban J connectivity index is 0.000000178. The van der Waals surface area contributed by atoms with Crippen molar-refractivity contribution in [3.05, 3.63) is 177 Å². The molecule has 0 saturated carbocycles. The van der Waals surface area contributed by atoms with Gasteiger partial charge in [0.25, 0.3) is 11.8 Å². The van der Waals surface area contributed by atoms with Crippen molar-refractivity contribution in [3.63, 3.8) is 0 Å². The van der Waals surface area contributed by atoms with Crippen LogP contribution < -0.4 is 5.46 Å². The molecule has 0 aliphatic carbocycles. The maximum Gasteiger partial charge on any atom is 0.491 e. The Morgan fingerprint density at radius 3 is 1.59 bits per heavy atom. The van der Waals surface area contributed by atoms with Gasteiger partial charge in [0.2, 0.25) is 0 Å². The van der Waals surface area contributed by atoms with Gasteiger partial charge in [0, 0.05) is 30.7 Å². The van der Waals surface area contributed by atoms with E-state index in [1.165, 1.54) is 41.8 Å². The quantitative estimate of drug-likeness (QED) is 0.0931. The molecule has 0 spiro atoms. The average Bonchev–Trinajstić information content (AvgIpc) is 3.82. The molecule has 0 aliphatic heterocycles. The van der Waals surface area contributed by atoms with Gasteiger partial charge in [0.15, 0.2) is 0 Å². The van der Waals surface area contributed by atoms with Gasteiger partial charge in [-0.05, 0) is 126 Å². The molecule has 0 bridgehead atoms. The van der Waals surface area contributed by atoms with E-state index >= 15 is 0 Å². The number of hydrogen-bond acceptors (Lipinski definition) is 10. The fraction of sp³-hybridized carbons (Fsp3) is 0.0870. The maximum absolute atomic E-state index is 14.9. The Morgan fingerprint density at radius 1 is 0.652 bits per heavy atom. The largest absolute Gasteiger partial charge is 0.491 e. The first-order valence-corrected chi connectivity index (χ1v) is 22.5. The number of esters is 2. The lowest BCUT2D eigenvalue weighted by molar-refractivity contribution is 0.0591. The van der Waals surface area contributed by atoms with Crippen molar-refractivity contribution in [2.75, 3.05) is 14.2 Å². The molecule has 336 valence electrons. The third kappa shape index (κ3) is 10.8. The van der Waals surface area contributed by atoms with E-state index in [1.807, 2.05) is 37.3 Å². The Bertz CT molecular complexity index is 3190. The molecule has 0 unspecified atom stereocenters. The predicted octanol–water partition coefficient (Wildman–Crippen LogP) is 10.4. The maximum atomic E-state index is 14.9. The highest BCUT2D eigenvalue weighted by atomic mass is 127. The Morgan fingerprint density at radius 2 is 1.12 bits per heavy atom. The van der Waals surface area contributed by atoms with Crippen molar-refractivity contribution in [1.29, 1.82) is 0 Å². The zero-order valence-corrected chi connectivity index (χ0v) is 41.6. The molecular weight excluding hydrogens is 1140 g/mol. The van der Waals surface area contributed by atoms with Gasteiger partial charge < -0.3 is 19.5 Å². The molecule has 12 nitrogen and oxygen atoms in total. The summed E-state index contributed by atoms with van der Waals surface area (Å²) < 4.78 is 42.1. The molecule has 0 fully saturated rings. The van der Waals surface area contributed by atoms with E-state index in [-0.39, 0.29) is 33.8 Å². The molecule has 0 saturated heterocycles. The minimum absolute atomic E-state index is 0.0226. The summed E-state index contributed by atoms with van der Waals surface area (Å²) >= 11 is 21.4. The summed E-state index contributed by atoms with van der Waals surface area (Å²) in [5, 5.41) is 28.5. The van der Waals surface area contributed by atoms with Gasteiger partial charge in [-0.1, -0.05) is 85.4 Å². The fourth-order valence-electron chi connectivity index (χ4n) is 6.60. The number of carbonyl (C=O) groups is 4. The second-order valence-corrected chi connectivity index (χ2v) is 17.7. The zero-order valence-electron chi connectivity index (χ0n) is 34.7. The molecule has 0 atom stereocenters.